The Kier molecular flexibility index (Phi) is 3.99. The molecule has 0 saturated heterocycles. The fourth-order valence-electron chi connectivity index (χ4n) is 3.12. The van der Waals surface area contributed by atoms with Crippen LogP contribution in [0.4, 0.5) is 5.69 Å². The summed E-state index contributed by atoms with van der Waals surface area (Å²) >= 11 is 0. The van der Waals surface area contributed by atoms with Crippen LogP contribution in [0.1, 0.15) is 25.8 Å². The number of ether oxygens (including phenoxy) is 3. The molecule has 2 aliphatic heterocycles. The van der Waals surface area contributed by atoms with Crippen molar-refractivity contribution >= 4 is 15.7 Å². The van der Waals surface area contributed by atoms with Crippen molar-refractivity contribution in [3.8, 4) is 17.2 Å². The molecule has 2 heterocycles. The molecule has 2 aromatic rings. The van der Waals surface area contributed by atoms with Gasteiger partial charge in [-0.05, 0) is 62.6 Å². The van der Waals surface area contributed by atoms with Gasteiger partial charge in [0, 0.05) is 6.07 Å². The van der Waals surface area contributed by atoms with Gasteiger partial charge in [0.25, 0.3) is 10.0 Å². The van der Waals surface area contributed by atoms with E-state index in [1.165, 1.54) is 0 Å². The van der Waals surface area contributed by atoms with Crippen molar-refractivity contribution in [1.29, 1.82) is 0 Å². The number of anilines is 1. The Hall–Kier alpha value is -2.41. The van der Waals surface area contributed by atoms with E-state index in [2.05, 4.69) is 4.72 Å². The first-order valence-corrected chi connectivity index (χ1v) is 10.1. The van der Waals surface area contributed by atoms with Crippen molar-refractivity contribution in [2.45, 2.75) is 37.2 Å². The number of rotatable bonds is 3. The minimum absolute atomic E-state index is 0.217. The van der Waals surface area contributed by atoms with Crippen LogP contribution in [0.25, 0.3) is 0 Å². The zero-order chi connectivity index (χ0) is 18.4. The smallest absolute Gasteiger partial charge is 0.261 e. The second kappa shape index (κ2) is 6.09. The third-order valence-electron chi connectivity index (χ3n) is 4.52. The highest BCUT2D eigenvalue weighted by Crippen LogP contribution is 2.36. The summed E-state index contributed by atoms with van der Waals surface area (Å²) in [6, 6.07) is 9.99. The molecule has 0 fully saturated rings. The van der Waals surface area contributed by atoms with Crippen LogP contribution in [0, 0.1) is 0 Å². The van der Waals surface area contributed by atoms with E-state index in [0.29, 0.717) is 30.4 Å². The second-order valence-corrected chi connectivity index (χ2v) is 8.78. The summed E-state index contributed by atoms with van der Waals surface area (Å²) in [5, 5.41) is 0. The van der Waals surface area contributed by atoms with Crippen LogP contribution in [0.3, 0.4) is 0 Å². The lowest BCUT2D eigenvalue weighted by atomic mass is 9.94. The Morgan fingerprint density at radius 2 is 1.69 bits per heavy atom. The predicted molar refractivity (Wildman–Crippen MR) is 97.7 cm³/mol. The first kappa shape index (κ1) is 17.0. The topological polar surface area (TPSA) is 73.9 Å². The van der Waals surface area contributed by atoms with Gasteiger partial charge in [-0.2, -0.15) is 0 Å². The fraction of sp³-hybridized carbons (Fsp3) is 0.368. The van der Waals surface area contributed by atoms with Crippen LogP contribution in [0.2, 0.25) is 0 Å². The van der Waals surface area contributed by atoms with Crippen molar-refractivity contribution < 1.29 is 22.6 Å². The van der Waals surface area contributed by atoms with Gasteiger partial charge in [-0.25, -0.2) is 8.42 Å². The molecule has 2 aromatic carbocycles. The van der Waals surface area contributed by atoms with E-state index >= 15 is 0 Å². The molecule has 0 amide bonds. The maximum Gasteiger partial charge on any atom is 0.261 e. The maximum absolute atomic E-state index is 12.8. The summed E-state index contributed by atoms with van der Waals surface area (Å²) in [5.74, 6) is 1.91. The van der Waals surface area contributed by atoms with Crippen molar-refractivity contribution in [2.75, 3.05) is 17.9 Å². The number of hydrogen-bond donors (Lipinski definition) is 1. The Bertz CT molecular complexity index is 952. The molecule has 0 radical (unpaired) electrons. The monoisotopic (exact) mass is 375 g/mol. The third kappa shape index (κ3) is 3.31. The highest BCUT2D eigenvalue weighted by molar-refractivity contribution is 7.92. The van der Waals surface area contributed by atoms with Crippen LogP contribution < -0.4 is 18.9 Å². The Morgan fingerprint density at radius 1 is 0.962 bits per heavy atom. The number of benzene rings is 2. The molecule has 6 nitrogen and oxygen atoms in total. The van der Waals surface area contributed by atoms with Crippen LogP contribution in [-0.2, 0) is 16.4 Å². The molecule has 0 atom stereocenters. The maximum atomic E-state index is 12.8. The molecule has 138 valence electrons. The van der Waals surface area contributed by atoms with Gasteiger partial charge in [0.1, 0.15) is 24.6 Å². The van der Waals surface area contributed by atoms with Gasteiger partial charge < -0.3 is 14.2 Å². The standard InChI is InChI=1S/C19H21NO5S/c1-19(2)8-7-13-11-15(4-6-16(13)25-19)26(21,22)20-14-3-5-17-18(12-14)24-10-9-23-17/h3-6,11-12,20H,7-10H2,1-2H3. The number of fused-ring (bicyclic) bond motifs is 2. The number of sulfonamides is 1. The second-order valence-electron chi connectivity index (χ2n) is 7.10. The van der Waals surface area contributed by atoms with Gasteiger partial charge >= 0.3 is 0 Å². The Morgan fingerprint density at radius 3 is 2.50 bits per heavy atom. The molecule has 0 saturated carbocycles. The minimum atomic E-state index is -3.70. The number of nitrogens with one attached hydrogen (secondary N) is 1. The van der Waals surface area contributed by atoms with E-state index in [1.54, 1.807) is 36.4 Å². The highest BCUT2D eigenvalue weighted by Gasteiger charge is 2.28. The lowest BCUT2D eigenvalue weighted by Crippen LogP contribution is -2.32. The van der Waals surface area contributed by atoms with E-state index in [0.717, 1.165) is 24.2 Å². The predicted octanol–water partition coefficient (Wildman–Crippen LogP) is 3.36. The van der Waals surface area contributed by atoms with Gasteiger partial charge in [-0.3, -0.25) is 4.72 Å². The average Bonchev–Trinajstić information content (AvgIpc) is 2.60. The lowest BCUT2D eigenvalue weighted by molar-refractivity contribution is 0.0845. The lowest BCUT2D eigenvalue weighted by Gasteiger charge is -2.32. The number of hydrogen-bond acceptors (Lipinski definition) is 5. The zero-order valence-corrected chi connectivity index (χ0v) is 15.6. The zero-order valence-electron chi connectivity index (χ0n) is 14.7. The molecule has 2 aliphatic rings. The van der Waals surface area contributed by atoms with Gasteiger partial charge in [0.05, 0.1) is 10.6 Å². The van der Waals surface area contributed by atoms with E-state index in [1.807, 2.05) is 13.8 Å². The molecule has 4 rings (SSSR count). The average molecular weight is 375 g/mol. The normalized spacial score (nSPS) is 17.8. The Labute approximate surface area is 153 Å². The van der Waals surface area contributed by atoms with Crippen molar-refractivity contribution in [2.24, 2.45) is 0 Å². The highest BCUT2D eigenvalue weighted by atomic mass is 32.2. The molecule has 0 bridgehead atoms. The molecule has 1 N–H and O–H groups in total. The van der Waals surface area contributed by atoms with E-state index in [-0.39, 0.29) is 10.5 Å². The third-order valence-corrected chi connectivity index (χ3v) is 5.90. The van der Waals surface area contributed by atoms with Crippen molar-refractivity contribution in [3.05, 3.63) is 42.0 Å². The van der Waals surface area contributed by atoms with Gasteiger partial charge in [-0.15, -0.1) is 0 Å². The van der Waals surface area contributed by atoms with Gasteiger partial charge in [-0.1, -0.05) is 0 Å². The van der Waals surface area contributed by atoms with Crippen molar-refractivity contribution in [1.82, 2.24) is 0 Å². The summed E-state index contributed by atoms with van der Waals surface area (Å²) in [4.78, 5) is 0.217. The molecule has 0 spiro atoms. The molecule has 0 aromatic heterocycles. The van der Waals surface area contributed by atoms with Crippen LogP contribution in [-0.4, -0.2) is 27.2 Å². The largest absolute Gasteiger partial charge is 0.488 e. The summed E-state index contributed by atoms with van der Waals surface area (Å²) in [6.07, 6.45) is 1.63. The summed E-state index contributed by atoms with van der Waals surface area (Å²) < 4.78 is 45.0. The first-order valence-electron chi connectivity index (χ1n) is 8.57. The fourth-order valence-corrected chi connectivity index (χ4v) is 4.22. The SMILES string of the molecule is CC1(C)CCc2cc(S(=O)(=O)Nc3ccc4c(c3)OCCO4)ccc2O1. The van der Waals surface area contributed by atoms with E-state index in [4.69, 9.17) is 14.2 Å². The first-order chi connectivity index (χ1) is 12.3. The van der Waals surface area contributed by atoms with Gasteiger partial charge in [0.15, 0.2) is 11.5 Å². The molecular weight excluding hydrogens is 354 g/mol. The molecule has 0 unspecified atom stereocenters. The number of aryl methyl sites for hydroxylation is 1. The summed E-state index contributed by atoms with van der Waals surface area (Å²) in [5.41, 5.74) is 1.12. The summed E-state index contributed by atoms with van der Waals surface area (Å²) in [7, 11) is -3.70. The van der Waals surface area contributed by atoms with Gasteiger partial charge in [0.2, 0.25) is 0 Å². The van der Waals surface area contributed by atoms with Crippen LogP contribution >= 0.6 is 0 Å². The summed E-state index contributed by atoms with van der Waals surface area (Å²) in [6.45, 7) is 5.00. The molecule has 7 heteroatoms. The Balaban J connectivity index is 1.59. The molecule has 26 heavy (non-hydrogen) atoms. The molecule has 0 aliphatic carbocycles. The van der Waals surface area contributed by atoms with Crippen molar-refractivity contribution in [3.63, 3.8) is 0 Å². The minimum Gasteiger partial charge on any atom is -0.488 e. The van der Waals surface area contributed by atoms with Crippen LogP contribution in [0.15, 0.2) is 41.3 Å². The molecular formula is C19H21NO5S. The van der Waals surface area contributed by atoms with Crippen LogP contribution in [0.5, 0.6) is 17.2 Å². The quantitative estimate of drug-likeness (QED) is 0.890. The van der Waals surface area contributed by atoms with E-state index < -0.39 is 10.0 Å². The van der Waals surface area contributed by atoms with E-state index in [9.17, 15) is 8.42 Å².